The zero-order valence-corrected chi connectivity index (χ0v) is 13.6. The highest BCUT2D eigenvalue weighted by Crippen LogP contribution is 2.23. The van der Waals surface area contributed by atoms with Gasteiger partial charge in [0.1, 0.15) is 0 Å². The molecule has 0 saturated carbocycles. The predicted molar refractivity (Wildman–Crippen MR) is 84.9 cm³/mol. The minimum absolute atomic E-state index is 0.335. The fraction of sp³-hybridized carbons (Fsp3) is 0.625. The topological polar surface area (TPSA) is 24.5 Å². The van der Waals surface area contributed by atoms with Gasteiger partial charge in [-0.15, -0.1) is 0 Å². The summed E-state index contributed by atoms with van der Waals surface area (Å²) in [5, 5.41) is 3.60. The minimum atomic E-state index is 0.335. The molecule has 2 fully saturated rings. The molecule has 1 aromatic carbocycles. The normalized spacial score (nSPS) is 28.3. The van der Waals surface area contributed by atoms with E-state index in [1.54, 1.807) is 0 Å². The van der Waals surface area contributed by atoms with Gasteiger partial charge < -0.3 is 10.1 Å². The smallest absolute Gasteiger partial charge is 0.0827 e. The highest BCUT2D eigenvalue weighted by molar-refractivity contribution is 9.10. The second-order valence-electron chi connectivity index (χ2n) is 5.93. The summed E-state index contributed by atoms with van der Waals surface area (Å²) in [6, 6.07) is 9.58. The zero-order valence-electron chi connectivity index (χ0n) is 12.0. The van der Waals surface area contributed by atoms with Crippen molar-refractivity contribution < 1.29 is 4.74 Å². The van der Waals surface area contributed by atoms with Crippen molar-refractivity contribution in [2.24, 2.45) is 0 Å². The molecule has 0 amide bonds. The highest BCUT2D eigenvalue weighted by Gasteiger charge is 2.32. The van der Waals surface area contributed by atoms with Crippen LogP contribution < -0.4 is 5.32 Å². The molecule has 1 N–H and O–H groups in total. The molecule has 4 heteroatoms. The van der Waals surface area contributed by atoms with Crippen LogP contribution in [-0.2, 0) is 4.74 Å². The van der Waals surface area contributed by atoms with Crippen LogP contribution in [0, 0.1) is 0 Å². The van der Waals surface area contributed by atoms with E-state index in [1.807, 2.05) is 0 Å². The van der Waals surface area contributed by atoms with Gasteiger partial charge in [0.25, 0.3) is 0 Å². The maximum atomic E-state index is 5.99. The maximum absolute atomic E-state index is 5.99. The Kier molecular flexibility index (Phi) is 4.76. The van der Waals surface area contributed by atoms with Crippen molar-refractivity contribution in [1.29, 1.82) is 0 Å². The van der Waals surface area contributed by atoms with E-state index in [4.69, 9.17) is 4.74 Å². The van der Waals surface area contributed by atoms with Gasteiger partial charge in [-0.1, -0.05) is 28.1 Å². The molecule has 20 heavy (non-hydrogen) atoms. The summed E-state index contributed by atoms with van der Waals surface area (Å²) in [5.41, 5.74) is 1.32. The molecule has 0 spiro atoms. The molecule has 0 aromatic heterocycles. The molecule has 3 rings (SSSR count). The molecule has 2 aliphatic heterocycles. The fourth-order valence-electron chi connectivity index (χ4n) is 3.19. The third kappa shape index (κ3) is 3.42. The van der Waals surface area contributed by atoms with Gasteiger partial charge in [-0.2, -0.15) is 0 Å². The van der Waals surface area contributed by atoms with Crippen molar-refractivity contribution in [2.45, 2.75) is 38.0 Å². The Bertz CT molecular complexity index is 437. The first kappa shape index (κ1) is 14.5. The van der Waals surface area contributed by atoms with Crippen LogP contribution in [0.2, 0.25) is 0 Å². The van der Waals surface area contributed by atoms with E-state index in [9.17, 15) is 0 Å². The molecule has 3 unspecified atom stereocenters. The van der Waals surface area contributed by atoms with Crippen LogP contribution in [0.4, 0.5) is 0 Å². The van der Waals surface area contributed by atoms with E-state index in [0.717, 1.165) is 24.2 Å². The van der Waals surface area contributed by atoms with Crippen LogP contribution in [0.25, 0.3) is 0 Å². The summed E-state index contributed by atoms with van der Waals surface area (Å²) in [4.78, 5) is 2.60. The van der Waals surface area contributed by atoms with Gasteiger partial charge >= 0.3 is 0 Å². The number of nitrogens with one attached hydrogen (secondary N) is 1. The summed E-state index contributed by atoms with van der Waals surface area (Å²) in [6.45, 7) is 6.40. The standard InChI is InChI=1S/C16H23BrN2O/c1-12(13-4-6-14(17)7-5-13)18-9-16-10-19-8-2-3-15(19)11-20-16/h4-7,12,15-16,18H,2-3,8-11H2,1H3. The van der Waals surface area contributed by atoms with E-state index in [-0.39, 0.29) is 0 Å². The minimum Gasteiger partial charge on any atom is -0.374 e. The molecular weight excluding hydrogens is 316 g/mol. The number of nitrogens with zero attached hydrogens (tertiary/aromatic N) is 1. The number of halogens is 1. The van der Waals surface area contributed by atoms with Crippen LogP contribution >= 0.6 is 15.9 Å². The summed E-state index contributed by atoms with van der Waals surface area (Å²) in [6.07, 6.45) is 2.99. The van der Waals surface area contributed by atoms with Crippen LogP contribution in [-0.4, -0.2) is 43.3 Å². The molecule has 2 saturated heterocycles. The van der Waals surface area contributed by atoms with E-state index >= 15 is 0 Å². The van der Waals surface area contributed by atoms with Crippen molar-refractivity contribution in [3.8, 4) is 0 Å². The number of ether oxygens (including phenoxy) is 1. The van der Waals surface area contributed by atoms with Gasteiger partial charge in [0, 0.05) is 29.6 Å². The largest absolute Gasteiger partial charge is 0.374 e. The summed E-state index contributed by atoms with van der Waals surface area (Å²) in [7, 11) is 0. The molecule has 0 radical (unpaired) electrons. The number of rotatable bonds is 4. The number of fused-ring (bicyclic) bond motifs is 1. The molecule has 2 aliphatic rings. The first-order valence-electron chi connectivity index (χ1n) is 7.57. The van der Waals surface area contributed by atoms with E-state index in [0.29, 0.717) is 18.2 Å². The summed E-state index contributed by atoms with van der Waals surface area (Å²) in [5.74, 6) is 0. The lowest BCUT2D eigenvalue weighted by Crippen LogP contribution is -2.49. The van der Waals surface area contributed by atoms with Crippen molar-refractivity contribution in [2.75, 3.05) is 26.2 Å². The van der Waals surface area contributed by atoms with Crippen LogP contribution in [0.5, 0.6) is 0 Å². The van der Waals surface area contributed by atoms with Crippen LogP contribution in [0.3, 0.4) is 0 Å². The van der Waals surface area contributed by atoms with Crippen LogP contribution in [0.1, 0.15) is 31.4 Å². The third-order valence-electron chi connectivity index (χ3n) is 4.48. The highest BCUT2D eigenvalue weighted by atomic mass is 79.9. The molecule has 3 atom stereocenters. The molecule has 1 aromatic rings. The molecule has 0 bridgehead atoms. The zero-order chi connectivity index (χ0) is 13.9. The quantitative estimate of drug-likeness (QED) is 0.913. The first-order valence-corrected chi connectivity index (χ1v) is 8.36. The Morgan fingerprint density at radius 2 is 2.20 bits per heavy atom. The van der Waals surface area contributed by atoms with E-state index in [2.05, 4.69) is 57.3 Å². The average molecular weight is 339 g/mol. The third-order valence-corrected chi connectivity index (χ3v) is 5.01. The van der Waals surface area contributed by atoms with Crippen molar-refractivity contribution in [3.63, 3.8) is 0 Å². The fourth-order valence-corrected chi connectivity index (χ4v) is 3.45. The Labute approximate surface area is 129 Å². The average Bonchev–Trinajstić information content (AvgIpc) is 2.93. The Morgan fingerprint density at radius 3 is 3.00 bits per heavy atom. The first-order chi connectivity index (χ1) is 9.72. The predicted octanol–water partition coefficient (Wildman–Crippen LogP) is 2.96. The Balaban J connectivity index is 1.48. The van der Waals surface area contributed by atoms with Gasteiger partial charge in [0.15, 0.2) is 0 Å². The van der Waals surface area contributed by atoms with Crippen molar-refractivity contribution in [3.05, 3.63) is 34.3 Å². The Morgan fingerprint density at radius 1 is 1.40 bits per heavy atom. The Hall–Kier alpha value is -0.420. The second kappa shape index (κ2) is 6.56. The molecule has 2 heterocycles. The van der Waals surface area contributed by atoms with Gasteiger partial charge in [-0.05, 0) is 44.0 Å². The van der Waals surface area contributed by atoms with Crippen LogP contribution in [0.15, 0.2) is 28.7 Å². The molecular formula is C16H23BrN2O. The maximum Gasteiger partial charge on any atom is 0.0827 e. The SMILES string of the molecule is CC(NCC1CN2CCCC2CO1)c1ccc(Br)cc1. The molecule has 3 nitrogen and oxygen atoms in total. The lowest BCUT2D eigenvalue weighted by Gasteiger charge is -2.35. The summed E-state index contributed by atoms with van der Waals surface area (Å²) < 4.78 is 7.11. The lowest BCUT2D eigenvalue weighted by atomic mass is 10.1. The van der Waals surface area contributed by atoms with Gasteiger partial charge in [-0.3, -0.25) is 4.90 Å². The van der Waals surface area contributed by atoms with Gasteiger partial charge in [-0.25, -0.2) is 0 Å². The monoisotopic (exact) mass is 338 g/mol. The number of hydrogen-bond acceptors (Lipinski definition) is 3. The molecule has 110 valence electrons. The van der Waals surface area contributed by atoms with Gasteiger partial charge in [0.05, 0.1) is 12.7 Å². The van der Waals surface area contributed by atoms with Crippen molar-refractivity contribution in [1.82, 2.24) is 10.2 Å². The number of benzene rings is 1. The number of morpholine rings is 1. The van der Waals surface area contributed by atoms with Gasteiger partial charge in [0.2, 0.25) is 0 Å². The number of hydrogen-bond donors (Lipinski definition) is 1. The molecule has 0 aliphatic carbocycles. The second-order valence-corrected chi connectivity index (χ2v) is 6.84. The van der Waals surface area contributed by atoms with E-state index in [1.165, 1.54) is 24.9 Å². The summed E-state index contributed by atoms with van der Waals surface area (Å²) >= 11 is 3.48. The lowest BCUT2D eigenvalue weighted by molar-refractivity contribution is -0.0477. The van der Waals surface area contributed by atoms with Crippen molar-refractivity contribution >= 4 is 15.9 Å². The van der Waals surface area contributed by atoms with E-state index < -0.39 is 0 Å².